The molecule has 3 heterocycles. The summed E-state index contributed by atoms with van der Waals surface area (Å²) in [6, 6.07) is 14.4. The van der Waals surface area contributed by atoms with Gasteiger partial charge in [-0.25, -0.2) is 4.39 Å². The zero-order chi connectivity index (χ0) is 34.2. The highest BCUT2D eigenvalue weighted by atomic mass is 19.1. The third-order valence-electron chi connectivity index (χ3n) is 8.31. The van der Waals surface area contributed by atoms with Crippen LogP contribution in [0.3, 0.4) is 0 Å². The van der Waals surface area contributed by atoms with Gasteiger partial charge in [-0.15, -0.1) is 0 Å². The summed E-state index contributed by atoms with van der Waals surface area (Å²) in [7, 11) is 0. The summed E-state index contributed by atoms with van der Waals surface area (Å²) in [6.45, 7) is 16.2. The van der Waals surface area contributed by atoms with Crippen LogP contribution in [-0.4, -0.2) is 66.3 Å². The highest BCUT2D eigenvalue weighted by molar-refractivity contribution is 5.86. The molecule has 2 aromatic carbocycles. The number of anilines is 1. The first-order valence-corrected chi connectivity index (χ1v) is 16.5. The first-order valence-electron chi connectivity index (χ1n) is 16.5. The smallest absolute Gasteiger partial charge is 0.307 e. The molecule has 3 aromatic rings. The second kappa shape index (κ2) is 16.0. The van der Waals surface area contributed by atoms with Crippen LogP contribution in [0.2, 0.25) is 0 Å². The van der Waals surface area contributed by atoms with Gasteiger partial charge in [0.15, 0.2) is 0 Å². The van der Waals surface area contributed by atoms with Crippen LogP contribution in [0.15, 0.2) is 48.5 Å². The van der Waals surface area contributed by atoms with Crippen molar-refractivity contribution in [2.45, 2.75) is 79.4 Å². The number of hydrogen-bond acceptors (Lipinski definition) is 7. The number of piperidine rings is 1. The number of carboxylic acid groups (broad SMARTS) is 1. The summed E-state index contributed by atoms with van der Waals surface area (Å²) in [5.74, 6) is -0.00994. The van der Waals surface area contributed by atoms with E-state index >= 15 is 0 Å². The van der Waals surface area contributed by atoms with Gasteiger partial charge in [-0.3, -0.25) is 9.78 Å². The molecule has 0 amide bonds. The fraction of sp³-hybridized carbons (Fsp3) is 0.526. The number of halogens is 1. The zero-order valence-electron chi connectivity index (χ0n) is 28.8. The van der Waals surface area contributed by atoms with Crippen LogP contribution in [0.1, 0.15) is 70.0 Å². The van der Waals surface area contributed by atoms with Crippen molar-refractivity contribution in [2.75, 3.05) is 44.4 Å². The molecule has 0 bridgehead atoms. The van der Waals surface area contributed by atoms with Crippen molar-refractivity contribution in [3.63, 3.8) is 0 Å². The van der Waals surface area contributed by atoms with Gasteiger partial charge in [-0.05, 0) is 81.3 Å². The average molecular weight is 651 g/mol. The maximum absolute atomic E-state index is 13.2. The van der Waals surface area contributed by atoms with Gasteiger partial charge >= 0.3 is 5.97 Å². The molecule has 0 unspecified atom stereocenters. The third-order valence-corrected chi connectivity index (χ3v) is 8.31. The van der Waals surface area contributed by atoms with Crippen LogP contribution in [0, 0.1) is 24.1 Å². The Morgan fingerprint density at radius 3 is 2.23 bits per heavy atom. The highest BCUT2D eigenvalue weighted by Gasteiger charge is 2.31. The number of pyridine rings is 1. The molecule has 2 saturated heterocycles. The van der Waals surface area contributed by atoms with Crippen LogP contribution >= 0.6 is 0 Å². The number of aliphatic hydroxyl groups is 1. The van der Waals surface area contributed by atoms with Gasteiger partial charge in [0.1, 0.15) is 11.6 Å². The first-order chi connectivity index (χ1) is 22.2. The molecule has 0 radical (unpaired) electrons. The lowest BCUT2D eigenvalue weighted by Gasteiger charge is -2.40. The molecule has 2 aliphatic heterocycles. The number of aliphatic carboxylic acids is 1. The number of hydrogen-bond donors (Lipinski definition) is 2. The van der Waals surface area contributed by atoms with E-state index in [0.717, 1.165) is 65.3 Å². The van der Waals surface area contributed by atoms with Crippen LogP contribution in [0.4, 0.5) is 10.1 Å². The standard InChI is InChI=1S/C34H41FN2O5.C4H10O/c1-23-32(26-6-10-28(11-7-26)42-17-12-24-4-8-27(35)9-5-24)33(37-15-13-34(2,3)14-16-37)29(18-31(38)39)30(36-23)22-41-21-25-19-40-20-25;1-4(2,3)5/h4-11,25H,12-22H2,1-3H3,(H,38,39);5H,1-3H3. The predicted molar refractivity (Wildman–Crippen MR) is 183 cm³/mol. The molecule has 256 valence electrons. The SMILES string of the molecule is CC(C)(C)O.Cc1nc(COCC2COC2)c(CC(=O)O)c(N2CCC(C)(C)CC2)c1-c1ccc(OCCc2ccc(F)cc2)cc1. The number of rotatable bonds is 12. The lowest BCUT2D eigenvalue weighted by Crippen LogP contribution is -2.38. The fourth-order valence-corrected chi connectivity index (χ4v) is 5.63. The summed E-state index contributed by atoms with van der Waals surface area (Å²) in [5, 5.41) is 18.5. The first kappa shape index (κ1) is 36.3. The second-order valence-electron chi connectivity index (χ2n) is 14.4. The number of nitrogens with zero attached hydrogens (tertiary/aromatic N) is 2. The molecular weight excluding hydrogens is 599 g/mol. The van der Waals surface area contributed by atoms with Gasteiger partial charge in [0, 0.05) is 42.2 Å². The Hall–Kier alpha value is -3.53. The molecular formula is C38H51FN2O6. The van der Waals surface area contributed by atoms with E-state index in [1.807, 2.05) is 31.2 Å². The minimum Gasteiger partial charge on any atom is -0.493 e. The lowest BCUT2D eigenvalue weighted by molar-refractivity contribution is -0.136. The van der Waals surface area contributed by atoms with Crippen molar-refractivity contribution in [2.24, 2.45) is 11.3 Å². The average Bonchev–Trinajstić information content (AvgIpc) is 2.96. The molecule has 2 fully saturated rings. The summed E-state index contributed by atoms with van der Waals surface area (Å²) < 4.78 is 30.5. The van der Waals surface area contributed by atoms with E-state index in [0.29, 0.717) is 44.5 Å². The molecule has 0 saturated carbocycles. The van der Waals surface area contributed by atoms with E-state index < -0.39 is 11.6 Å². The molecule has 2 N–H and O–H groups in total. The minimum absolute atomic E-state index is 0.120. The highest BCUT2D eigenvalue weighted by Crippen LogP contribution is 2.42. The van der Waals surface area contributed by atoms with Crippen LogP contribution in [0.25, 0.3) is 11.1 Å². The van der Waals surface area contributed by atoms with E-state index in [9.17, 15) is 14.3 Å². The van der Waals surface area contributed by atoms with Crippen molar-refractivity contribution in [3.05, 3.63) is 76.9 Å². The number of benzene rings is 2. The minimum atomic E-state index is -0.885. The topological polar surface area (TPSA) is 101 Å². The number of aryl methyl sites for hydroxylation is 1. The molecule has 5 rings (SSSR count). The molecule has 8 nitrogen and oxygen atoms in total. The van der Waals surface area contributed by atoms with Gasteiger partial charge < -0.3 is 29.3 Å². The second-order valence-corrected chi connectivity index (χ2v) is 14.4. The van der Waals surface area contributed by atoms with Crippen LogP contribution in [0.5, 0.6) is 5.75 Å². The maximum Gasteiger partial charge on any atom is 0.307 e. The van der Waals surface area contributed by atoms with Crippen molar-refractivity contribution in [1.82, 2.24) is 4.98 Å². The van der Waals surface area contributed by atoms with E-state index in [2.05, 4.69) is 18.7 Å². The van der Waals surface area contributed by atoms with Gasteiger partial charge in [-0.1, -0.05) is 38.1 Å². The van der Waals surface area contributed by atoms with Crippen LogP contribution in [-0.2, 0) is 33.7 Å². The Morgan fingerprint density at radius 2 is 1.68 bits per heavy atom. The van der Waals surface area contributed by atoms with E-state index in [1.165, 1.54) is 12.1 Å². The van der Waals surface area contributed by atoms with E-state index in [1.54, 1.807) is 32.9 Å². The Balaban J connectivity index is 0.000000930. The van der Waals surface area contributed by atoms with Crippen molar-refractivity contribution in [1.29, 1.82) is 0 Å². The van der Waals surface area contributed by atoms with Crippen LogP contribution < -0.4 is 9.64 Å². The fourth-order valence-electron chi connectivity index (χ4n) is 5.63. The number of ether oxygens (including phenoxy) is 3. The van der Waals surface area contributed by atoms with Crippen molar-refractivity contribution >= 4 is 11.7 Å². The molecule has 47 heavy (non-hydrogen) atoms. The lowest BCUT2D eigenvalue weighted by atomic mass is 9.82. The number of carbonyl (C=O) groups is 1. The zero-order valence-corrected chi connectivity index (χ0v) is 28.8. The Bertz CT molecular complexity index is 1450. The molecule has 2 aliphatic rings. The molecule has 0 aliphatic carbocycles. The maximum atomic E-state index is 13.2. The summed E-state index contributed by atoms with van der Waals surface area (Å²) in [5.41, 5.74) is 5.91. The Kier molecular flexibility index (Phi) is 12.4. The third kappa shape index (κ3) is 11.3. The van der Waals surface area contributed by atoms with E-state index in [4.69, 9.17) is 24.3 Å². The quantitative estimate of drug-likeness (QED) is 0.216. The summed E-state index contributed by atoms with van der Waals surface area (Å²) in [4.78, 5) is 19.4. The largest absolute Gasteiger partial charge is 0.493 e. The monoisotopic (exact) mass is 650 g/mol. The molecule has 9 heteroatoms. The number of aromatic nitrogens is 1. The predicted octanol–water partition coefficient (Wildman–Crippen LogP) is 7.01. The van der Waals surface area contributed by atoms with Gasteiger partial charge in [-0.2, -0.15) is 0 Å². The molecule has 0 atom stereocenters. The van der Waals surface area contributed by atoms with Crippen molar-refractivity contribution in [3.8, 4) is 16.9 Å². The van der Waals surface area contributed by atoms with Gasteiger partial charge in [0.05, 0.1) is 56.4 Å². The van der Waals surface area contributed by atoms with Gasteiger partial charge in [0.2, 0.25) is 0 Å². The van der Waals surface area contributed by atoms with Crippen molar-refractivity contribution < 1.29 is 33.6 Å². The summed E-state index contributed by atoms with van der Waals surface area (Å²) in [6.07, 6.45) is 2.60. The Morgan fingerprint density at radius 1 is 1.06 bits per heavy atom. The molecule has 1 aromatic heterocycles. The van der Waals surface area contributed by atoms with Gasteiger partial charge in [0.25, 0.3) is 0 Å². The number of carboxylic acids is 1. The molecule has 0 spiro atoms. The normalized spacial score (nSPS) is 16.2. The Labute approximate surface area is 278 Å². The summed E-state index contributed by atoms with van der Waals surface area (Å²) >= 11 is 0. The van der Waals surface area contributed by atoms with E-state index in [-0.39, 0.29) is 24.3 Å².